The van der Waals surface area contributed by atoms with Gasteiger partial charge in [0.1, 0.15) is 5.82 Å². The second-order valence-electron chi connectivity index (χ2n) is 6.39. The van der Waals surface area contributed by atoms with Gasteiger partial charge in [0.2, 0.25) is 0 Å². The van der Waals surface area contributed by atoms with E-state index in [1.54, 1.807) is 0 Å². The fourth-order valence-corrected chi connectivity index (χ4v) is 2.22. The number of rotatable bonds is 3. The summed E-state index contributed by atoms with van der Waals surface area (Å²) >= 11 is 0. The highest BCUT2D eigenvalue weighted by molar-refractivity contribution is 5.43. The Kier molecular flexibility index (Phi) is 4.25. The topological polar surface area (TPSA) is 28.2 Å². The molecule has 2 rings (SSSR count). The average molecular weight is 259 g/mol. The van der Waals surface area contributed by atoms with E-state index in [1.165, 1.54) is 11.1 Å². The van der Waals surface area contributed by atoms with Crippen LogP contribution in [-0.2, 0) is 6.54 Å². The molecular weight excluding hydrogens is 234 g/mol. The van der Waals surface area contributed by atoms with E-state index in [0.717, 1.165) is 31.9 Å². The Morgan fingerprint density at radius 1 is 1.37 bits per heavy atom. The van der Waals surface area contributed by atoms with E-state index in [0.29, 0.717) is 0 Å². The standard InChI is InChI=1S/C16H25N3/c1-13-6-5-9-19(12-13)15-10-14(7-8-17-15)11-18-16(2,3)4/h6-8,10,18H,5,9,11-12H2,1-4H3. The molecule has 0 spiro atoms. The summed E-state index contributed by atoms with van der Waals surface area (Å²) in [5.74, 6) is 1.10. The molecule has 0 fully saturated rings. The molecular formula is C16H25N3. The molecule has 0 aliphatic carbocycles. The molecule has 3 heteroatoms. The van der Waals surface area contributed by atoms with E-state index >= 15 is 0 Å². The smallest absolute Gasteiger partial charge is 0.129 e. The zero-order chi connectivity index (χ0) is 13.9. The van der Waals surface area contributed by atoms with Gasteiger partial charge in [-0.25, -0.2) is 4.98 Å². The molecule has 1 aromatic heterocycles. The molecule has 0 amide bonds. The summed E-state index contributed by atoms with van der Waals surface area (Å²) in [7, 11) is 0. The molecule has 3 nitrogen and oxygen atoms in total. The van der Waals surface area contributed by atoms with Crippen LogP contribution in [0.2, 0.25) is 0 Å². The third-order valence-corrected chi connectivity index (χ3v) is 3.29. The van der Waals surface area contributed by atoms with E-state index in [1.807, 2.05) is 6.20 Å². The molecule has 0 bridgehead atoms. The van der Waals surface area contributed by atoms with E-state index in [-0.39, 0.29) is 5.54 Å². The molecule has 0 radical (unpaired) electrons. The molecule has 0 saturated heterocycles. The molecule has 0 aromatic carbocycles. The summed E-state index contributed by atoms with van der Waals surface area (Å²) in [5.41, 5.74) is 2.88. The molecule has 1 N–H and O–H groups in total. The summed E-state index contributed by atoms with van der Waals surface area (Å²) < 4.78 is 0. The average Bonchev–Trinajstić information content (AvgIpc) is 2.36. The Labute approximate surface area is 116 Å². The molecule has 0 atom stereocenters. The van der Waals surface area contributed by atoms with Crippen LogP contribution in [0.25, 0.3) is 0 Å². The van der Waals surface area contributed by atoms with Crippen LogP contribution >= 0.6 is 0 Å². The van der Waals surface area contributed by atoms with Crippen molar-refractivity contribution in [2.75, 3.05) is 18.0 Å². The highest BCUT2D eigenvalue weighted by Gasteiger charge is 2.13. The minimum atomic E-state index is 0.147. The number of pyridine rings is 1. The summed E-state index contributed by atoms with van der Waals surface area (Å²) in [6, 6.07) is 4.30. The highest BCUT2D eigenvalue weighted by Crippen LogP contribution is 2.18. The monoisotopic (exact) mass is 259 g/mol. The number of nitrogens with zero attached hydrogens (tertiary/aromatic N) is 2. The lowest BCUT2D eigenvalue weighted by molar-refractivity contribution is 0.424. The lowest BCUT2D eigenvalue weighted by atomic mass is 10.1. The van der Waals surface area contributed by atoms with Crippen LogP contribution in [0.15, 0.2) is 30.0 Å². The molecule has 0 saturated carbocycles. The fraction of sp³-hybridized carbons (Fsp3) is 0.562. The van der Waals surface area contributed by atoms with E-state index in [9.17, 15) is 0 Å². The van der Waals surface area contributed by atoms with Gasteiger partial charge in [-0.05, 0) is 51.8 Å². The highest BCUT2D eigenvalue weighted by atomic mass is 15.2. The van der Waals surface area contributed by atoms with Crippen LogP contribution in [-0.4, -0.2) is 23.6 Å². The Balaban J connectivity index is 2.05. The van der Waals surface area contributed by atoms with Gasteiger partial charge in [0, 0.05) is 31.4 Å². The minimum Gasteiger partial charge on any atom is -0.352 e. The Hall–Kier alpha value is -1.35. The minimum absolute atomic E-state index is 0.147. The third kappa shape index (κ3) is 4.35. The maximum absolute atomic E-state index is 4.51. The van der Waals surface area contributed by atoms with Gasteiger partial charge in [0.25, 0.3) is 0 Å². The van der Waals surface area contributed by atoms with Crippen molar-refractivity contribution in [3.8, 4) is 0 Å². The molecule has 1 aliphatic rings. The number of hydrogen-bond acceptors (Lipinski definition) is 3. The first-order valence-electron chi connectivity index (χ1n) is 7.04. The van der Waals surface area contributed by atoms with Crippen LogP contribution in [0.4, 0.5) is 5.82 Å². The Bertz CT molecular complexity index is 457. The van der Waals surface area contributed by atoms with Crippen molar-refractivity contribution in [1.29, 1.82) is 0 Å². The summed E-state index contributed by atoms with van der Waals surface area (Å²) in [4.78, 5) is 6.87. The summed E-state index contributed by atoms with van der Waals surface area (Å²) in [5, 5.41) is 3.52. The van der Waals surface area contributed by atoms with Crippen LogP contribution in [0.3, 0.4) is 0 Å². The number of anilines is 1. The first kappa shape index (κ1) is 14.1. The normalized spacial score (nSPS) is 16.4. The van der Waals surface area contributed by atoms with E-state index in [2.05, 4.69) is 61.1 Å². The predicted octanol–water partition coefficient (Wildman–Crippen LogP) is 3.13. The Morgan fingerprint density at radius 2 is 2.16 bits per heavy atom. The number of aromatic nitrogens is 1. The summed E-state index contributed by atoms with van der Waals surface area (Å²) in [6.45, 7) is 11.7. The van der Waals surface area contributed by atoms with E-state index < -0.39 is 0 Å². The second-order valence-corrected chi connectivity index (χ2v) is 6.39. The van der Waals surface area contributed by atoms with Gasteiger partial charge in [0.15, 0.2) is 0 Å². The zero-order valence-electron chi connectivity index (χ0n) is 12.5. The first-order chi connectivity index (χ1) is 8.94. The third-order valence-electron chi connectivity index (χ3n) is 3.29. The van der Waals surface area contributed by atoms with Gasteiger partial charge in [-0.15, -0.1) is 0 Å². The number of nitrogens with one attached hydrogen (secondary N) is 1. The maximum Gasteiger partial charge on any atom is 0.129 e. The van der Waals surface area contributed by atoms with Crippen molar-refractivity contribution < 1.29 is 0 Å². The first-order valence-corrected chi connectivity index (χ1v) is 7.04. The van der Waals surface area contributed by atoms with Crippen molar-refractivity contribution in [3.05, 3.63) is 35.5 Å². The Morgan fingerprint density at radius 3 is 2.84 bits per heavy atom. The SMILES string of the molecule is CC1=CCCN(c2cc(CNC(C)(C)C)ccn2)C1. The van der Waals surface area contributed by atoms with Gasteiger partial charge in [0.05, 0.1) is 0 Å². The summed E-state index contributed by atoms with van der Waals surface area (Å²) in [6.07, 6.45) is 5.36. The zero-order valence-corrected chi connectivity index (χ0v) is 12.5. The van der Waals surface area contributed by atoms with Crippen molar-refractivity contribution in [3.63, 3.8) is 0 Å². The number of hydrogen-bond donors (Lipinski definition) is 1. The van der Waals surface area contributed by atoms with Gasteiger partial charge in [-0.1, -0.05) is 11.6 Å². The fourth-order valence-electron chi connectivity index (χ4n) is 2.22. The van der Waals surface area contributed by atoms with Crippen molar-refractivity contribution in [1.82, 2.24) is 10.3 Å². The van der Waals surface area contributed by atoms with E-state index in [4.69, 9.17) is 0 Å². The van der Waals surface area contributed by atoms with Crippen LogP contribution < -0.4 is 10.2 Å². The molecule has 104 valence electrons. The maximum atomic E-state index is 4.51. The molecule has 19 heavy (non-hydrogen) atoms. The van der Waals surface area contributed by atoms with Crippen molar-refractivity contribution in [2.24, 2.45) is 0 Å². The van der Waals surface area contributed by atoms with Crippen LogP contribution in [0.1, 0.15) is 39.7 Å². The quantitative estimate of drug-likeness (QED) is 0.845. The van der Waals surface area contributed by atoms with Gasteiger partial charge < -0.3 is 10.2 Å². The van der Waals surface area contributed by atoms with Crippen molar-refractivity contribution in [2.45, 2.75) is 46.2 Å². The van der Waals surface area contributed by atoms with Gasteiger partial charge >= 0.3 is 0 Å². The lowest BCUT2D eigenvalue weighted by Gasteiger charge is -2.27. The predicted molar refractivity (Wildman–Crippen MR) is 81.4 cm³/mol. The largest absolute Gasteiger partial charge is 0.352 e. The van der Waals surface area contributed by atoms with Gasteiger partial charge in [-0.2, -0.15) is 0 Å². The molecule has 0 unspecified atom stereocenters. The molecule has 1 aliphatic heterocycles. The van der Waals surface area contributed by atoms with Crippen molar-refractivity contribution >= 4 is 5.82 Å². The second kappa shape index (κ2) is 5.74. The van der Waals surface area contributed by atoms with Crippen LogP contribution in [0, 0.1) is 0 Å². The van der Waals surface area contributed by atoms with Crippen LogP contribution in [0.5, 0.6) is 0 Å². The lowest BCUT2D eigenvalue weighted by Crippen LogP contribution is -2.35. The molecule has 2 heterocycles. The van der Waals surface area contributed by atoms with Gasteiger partial charge in [-0.3, -0.25) is 0 Å². The molecule has 1 aromatic rings.